The van der Waals surface area contributed by atoms with Gasteiger partial charge in [0, 0.05) is 0 Å². The van der Waals surface area contributed by atoms with Gasteiger partial charge in [0.25, 0.3) is 0 Å². The Kier molecular flexibility index (Phi) is 8.66. The average molecular weight is 357 g/mol. The van der Waals surface area contributed by atoms with E-state index in [1.165, 1.54) is 0 Å². The summed E-state index contributed by atoms with van der Waals surface area (Å²) in [7, 11) is 0. The third-order valence-electron chi connectivity index (χ3n) is 5.62. The highest BCUT2D eigenvalue weighted by molar-refractivity contribution is 5.78. The molecule has 0 bridgehead atoms. The Balaban J connectivity index is 5.21. The van der Waals surface area contributed by atoms with Gasteiger partial charge in [0.15, 0.2) is 0 Å². The van der Waals surface area contributed by atoms with Gasteiger partial charge in [-0.15, -0.1) is 0 Å². The Labute approximate surface area is 155 Å². The predicted octanol–water partition coefficient (Wildman–Crippen LogP) is 5.53. The number of esters is 2. The van der Waals surface area contributed by atoms with Crippen molar-refractivity contribution in [2.24, 2.45) is 16.7 Å². The summed E-state index contributed by atoms with van der Waals surface area (Å²) in [6, 6.07) is 0. The van der Waals surface area contributed by atoms with Crippen molar-refractivity contribution in [2.75, 3.05) is 0 Å². The molecule has 0 radical (unpaired) electrons. The molecule has 0 aliphatic carbocycles. The van der Waals surface area contributed by atoms with Crippen molar-refractivity contribution in [3.05, 3.63) is 0 Å². The number of rotatable bonds is 10. The van der Waals surface area contributed by atoms with Gasteiger partial charge in [0.1, 0.15) is 5.60 Å². The Morgan fingerprint density at radius 3 is 1.84 bits per heavy atom. The first-order valence-corrected chi connectivity index (χ1v) is 9.68. The molecular formula is C21H40O4. The lowest BCUT2D eigenvalue weighted by Gasteiger charge is -2.38. The first-order valence-electron chi connectivity index (χ1n) is 9.68. The van der Waals surface area contributed by atoms with E-state index in [0.29, 0.717) is 6.42 Å². The third-order valence-corrected chi connectivity index (χ3v) is 5.62. The summed E-state index contributed by atoms with van der Waals surface area (Å²) >= 11 is 0. The zero-order chi connectivity index (χ0) is 20.1. The molecule has 4 nitrogen and oxygen atoms in total. The van der Waals surface area contributed by atoms with Crippen LogP contribution >= 0.6 is 0 Å². The molecule has 0 heterocycles. The monoisotopic (exact) mass is 356 g/mol. The molecule has 0 N–H and O–H groups in total. The van der Waals surface area contributed by atoms with Gasteiger partial charge >= 0.3 is 11.9 Å². The molecule has 0 aliphatic rings. The zero-order valence-electron chi connectivity index (χ0n) is 18.1. The van der Waals surface area contributed by atoms with Crippen molar-refractivity contribution in [2.45, 2.75) is 107 Å². The molecule has 25 heavy (non-hydrogen) atoms. The molecule has 3 atom stereocenters. The second-order valence-electron chi connectivity index (χ2n) is 9.01. The Morgan fingerprint density at radius 1 is 0.920 bits per heavy atom. The summed E-state index contributed by atoms with van der Waals surface area (Å²) in [4.78, 5) is 25.3. The normalized spacial score (nSPS) is 17.4. The smallest absolute Gasteiger partial charge is 0.312 e. The maximum Gasteiger partial charge on any atom is 0.312 e. The van der Waals surface area contributed by atoms with Crippen LogP contribution in [0.2, 0.25) is 0 Å². The highest BCUT2D eigenvalue weighted by Gasteiger charge is 2.43. The molecule has 0 amide bonds. The number of ether oxygens (including phenoxy) is 2. The molecule has 0 saturated heterocycles. The fourth-order valence-electron chi connectivity index (χ4n) is 2.84. The number of carbonyl (C=O) groups excluding carboxylic acids is 2. The maximum atomic E-state index is 12.9. The van der Waals surface area contributed by atoms with Crippen LogP contribution < -0.4 is 0 Å². The lowest BCUT2D eigenvalue weighted by molar-refractivity contribution is -0.184. The molecule has 4 heteroatoms. The molecule has 0 aromatic carbocycles. The van der Waals surface area contributed by atoms with Crippen molar-refractivity contribution in [1.29, 1.82) is 0 Å². The van der Waals surface area contributed by atoms with Gasteiger partial charge in [-0.25, -0.2) is 0 Å². The number of carbonyl (C=O) groups is 2. The Hall–Kier alpha value is -1.06. The second-order valence-corrected chi connectivity index (χ2v) is 9.01. The minimum Gasteiger partial charge on any atom is -0.462 e. The summed E-state index contributed by atoms with van der Waals surface area (Å²) < 4.78 is 11.3. The van der Waals surface area contributed by atoms with Crippen molar-refractivity contribution in [1.82, 2.24) is 0 Å². The zero-order valence-corrected chi connectivity index (χ0v) is 18.1. The van der Waals surface area contributed by atoms with E-state index in [2.05, 4.69) is 20.8 Å². The molecule has 0 aliphatic heterocycles. The third kappa shape index (κ3) is 6.99. The topological polar surface area (TPSA) is 52.6 Å². The minimum atomic E-state index is -0.866. The van der Waals surface area contributed by atoms with Crippen LogP contribution in [0.1, 0.15) is 94.9 Å². The van der Waals surface area contributed by atoms with Gasteiger partial charge < -0.3 is 9.47 Å². The van der Waals surface area contributed by atoms with E-state index in [0.717, 1.165) is 19.3 Å². The molecule has 0 spiro atoms. The van der Waals surface area contributed by atoms with Gasteiger partial charge in [-0.05, 0) is 59.3 Å². The van der Waals surface area contributed by atoms with Gasteiger partial charge in [0.2, 0.25) is 0 Å². The summed E-state index contributed by atoms with van der Waals surface area (Å²) in [6.07, 6.45) is 2.92. The largest absolute Gasteiger partial charge is 0.462 e. The van der Waals surface area contributed by atoms with Crippen LogP contribution in [-0.4, -0.2) is 23.6 Å². The predicted molar refractivity (Wildman–Crippen MR) is 102 cm³/mol. The highest BCUT2D eigenvalue weighted by atomic mass is 16.6. The van der Waals surface area contributed by atoms with Crippen molar-refractivity contribution < 1.29 is 19.1 Å². The molecule has 148 valence electrons. The summed E-state index contributed by atoms with van der Waals surface area (Å²) in [5.41, 5.74) is -1.40. The van der Waals surface area contributed by atoms with Crippen LogP contribution in [-0.2, 0) is 19.1 Å². The summed E-state index contributed by atoms with van der Waals surface area (Å²) in [5, 5.41) is 0. The van der Waals surface area contributed by atoms with E-state index in [4.69, 9.17) is 9.47 Å². The van der Waals surface area contributed by atoms with E-state index < -0.39 is 16.9 Å². The second kappa shape index (κ2) is 9.05. The van der Waals surface area contributed by atoms with Gasteiger partial charge in [-0.3, -0.25) is 9.59 Å². The van der Waals surface area contributed by atoms with Crippen molar-refractivity contribution in [3.63, 3.8) is 0 Å². The Morgan fingerprint density at radius 2 is 1.44 bits per heavy atom. The first kappa shape index (κ1) is 23.9. The SMILES string of the molecule is CCC(C)OC(=O)[C@H](C)[C@](C)(CC)OC(=O)C(C)(C)CC(C)(C)CC. The average Bonchev–Trinajstić information content (AvgIpc) is 2.52. The quantitative estimate of drug-likeness (QED) is 0.483. The van der Waals surface area contributed by atoms with Crippen molar-refractivity contribution in [3.8, 4) is 0 Å². The van der Waals surface area contributed by atoms with Gasteiger partial charge in [0.05, 0.1) is 17.4 Å². The molecule has 0 fully saturated rings. The number of hydrogen-bond donors (Lipinski definition) is 0. The van der Waals surface area contributed by atoms with Gasteiger partial charge in [-0.2, -0.15) is 0 Å². The number of hydrogen-bond acceptors (Lipinski definition) is 4. The molecule has 0 saturated carbocycles. The van der Waals surface area contributed by atoms with Crippen LogP contribution in [0.4, 0.5) is 0 Å². The molecule has 0 aromatic heterocycles. The van der Waals surface area contributed by atoms with Crippen LogP contribution in [0.5, 0.6) is 0 Å². The highest BCUT2D eigenvalue weighted by Crippen LogP contribution is 2.39. The summed E-state index contributed by atoms with van der Waals surface area (Å²) in [6.45, 7) is 19.7. The van der Waals surface area contributed by atoms with Crippen LogP contribution in [0.25, 0.3) is 0 Å². The Bertz CT molecular complexity index is 453. The lowest BCUT2D eigenvalue weighted by Crippen LogP contribution is -2.46. The molecule has 0 aromatic rings. The molecular weight excluding hydrogens is 316 g/mol. The van der Waals surface area contributed by atoms with Crippen LogP contribution in [0, 0.1) is 16.7 Å². The molecule has 1 unspecified atom stereocenters. The van der Waals surface area contributed by atoms with E-state index >= 15 is 0 Å². The van der Waals surface area contributed by atoms with E-state index in [9.17, 15) is 9.59 Å². The standard InChI is InChI=1S/C21H40O4/c1-11-15(4)24-17(22)16(5)21(10,13-3)25-18(23)20(8,9)14-19(6,7)12-2/h15-16H,11-14H2,1-10H3/t15?,16-,21-/m0/s1. The van der Waals surface area contributed by atoms with Crippen molar-refractivity contribution >= 4 is 11.9 Å². The fourth-order valence-corrected chi connectivity index (χ4v) is 2.84. The van der Waals surface area contributed by atoms with Crippen LogP contribution in [0.3, 0.4) is 0 Å². The van der Waals surface area contributed by atoms with E-state index in [1.54, 1.807) is 6.92 Å². The van der Waals surface area contributed by atoms with Gasteiger partial charge in [-0.1, -0.05) is 41.0 Å². The van der Waals surface area contributed by atoms with Crippen LogP contribution in [0.15, 0.2) is 0 Å². The first-order chi connectivity index (χ1) is 11.2. The fraction of sp³-hybridized carbons (Fsp3) is 0.905. The van der Waals surface area contributed by atoms with E-state index in [-0.39, 0.29) is 23.5 Å². The lowest BCUT2D eigenvalue weighted by atomic mass is 9.73. The minimum absolute atomic E-state index is 0.0617. The van der Waals surface area contributed by atoms with E-state index in [1.807, 2.05) is 41.5 Å². The molecule has 0 rings (SSSR count). The maximum absolute atomic E-state index is 12.9. The summed E-state index contributed by atoms with van der Waals surface area (Å²) in [5.74, 6) is -1.06.